The third kappa shape index (κ3) is 8.03. The maximum atomic E-state index is 13.0. The van der Waals surface area contributed by atoms with Crippen LogP contribution in [-0.2, 0) is 0 Å². The van der Waals surface area contributed by atoms with E-state index in [4.69, 9.17) is 9.47 Å². The SMILES string of the molecule is CC(=O)c1cc(F)cnc1Oc1cccc(C)c1.COc1ccc(C(=O)NC2CCC(C)CC2)c(O)c1. The molecule has 7 nitrogen and oxygen atoms in total. The largest absolute Gasteiger partial charge is 0.507 e. The Morgan fingerprint density at radius 2 is 1.76 bits per heavy atom. The Morgan fingerprint density at radius 3 is 2.38 bits per heavy atom. The van der Waals surface area contributed by atoms with E-state index in [1.54, 1.807) is 18.2 Å². The van der Waals surface area contributed by atoms with E-state index < -0.39 is 5.82 Å². The molecule has 1 heterocycles. The minimum atomic E-state index is -0.559. The van der Waals surface area contributed by atoms with E-state index in [1.807, 2.05) is 25.1 Å². The van der Waals surface area contributed by atoms with Crippen molar-refractivity contribution in [1.29, 1.82) is 0 Å². The molecule has 2 N–H and O–H groups in total. The van der Waals surface area contributed by atoms with E-state index in [-0.39, 0.29) is 34.9 Å². The second-order valence-electron chi connectivity index (χ2n) is 9.29. The number of rotatable bonds is 6. The minimum absolute atomic E-state index is 0.0407. The molecule has 0 atom stereocenters. The van der Waals surface area contributed by atoms with Gasteiger partial charge in [0.15, 0.2) is 5.78 Å². The van der Waals surface area contributed by atoms with Gasteiger partial charge in [0.1, 0.15) is 23.1 Å². The molecule has 37 heavy (non-hydrogen) atoms. The molecule has 4 rings (SSSR count). The van der Waals surface area contributed by atoms with Crippen LogP contribution in [0.5, 0.6) is 23.1 Å². The van der Waals surface area contributed by atoms with Crippen molar-refractivity contribution in [2.75, 3.05) is 7.11 Å². The second kappa shape index (κ2) is 12.9. The van der Waals surface area contributed by atoms with Gasteiger partial charge in [0.2, 0.25) is 5.88 Å². The number of methoxy groups -OCH3 is 1. The van der Waals surface area contributed by atoms with Crippen molar-refractivity contribution in [2.24, 2.45) is 5.92 Å². The van der Waals surface area contributed by atoms with Crippen LogP contribution in [0.15, 0.2) is 54.7 Å². The number of nitrogens with one attached hydrogen (secondary N) is 1. The van der Waals surface area contributed by atoms with Crippen LogP contribution in [0.4, 0.5) is 4.39 Å². The molecular formula is C29H33FN2O5. The number of ketones is 1. The summed E-state index contributed by atoms with van der Waals surface area (Å²) >= 11 is 0. The molecule has 2 aromatic carbocycles. The maximum Gasteiger partial charge on any atom is 0.255 e. The number of nitrogens with zero attached hydrogens (tertiary/aromatic N) is 1. The fourth-order valence-electron chi connectivity index (χ4n) is 4.05. The van der Waals surface area contributed by atoms with Gasteiger partial charge in [-0.1, -0.05) is 19.1 Å². The van der Waals surface area contributed by atoms with Gasteiger partial charge in [-0.3, -0.25) is 9.59 Å². The lowest BCUT2D eigenvalue weighted by atomic mass is 9.87. The number of hydrogen-bond acceptors (Lipinski definition) is 6. The summed E-state index contributed by atoms with van der Waals surface area (Å²) in [6.07, 6.45) is 5.37. The van der Waals surface area contributed by atoms with Crippen molar-refractivity contribution >= 4 is 11.7 Å². The average molecular weight is 509 g/mol. The highest BCUT2D eigenvalue weighted by atomic mass is 19.1. The molecule has 0 unspecified atom stereocenters. The standard InChI is InChI=1S/C15H21NO3.C14H12FNO2/c1-10-3-5-11(6-4-10)16-15(18)13-8-7-12(19-2)9-14(13)17;1-9-4-3-5-12(6-9)18-14-13(10(2)17)7-11(15)8-16-14/h7-11,17H,3-6H2,1-2H3,(H,16,18);3-8H,1-2H3. The van der Waals surface area contributed by atoms with Crippen LogP contribution in [0, 0.1) is 18.7 Å². The van der Waals surface area contributed by atoms with Crippen LogP contribution < -0.4 is 14.8 Å². The zero-order valence-electron chi connectivity index (χ0n) is 21.6. The summed E-state index contributed by atoms with van der Waals surface area (Å²) in [5, 5.41) is 12.8. The van der Waals surface area contributed by atoms with Crippen molar-refractivity contribution in [2.45, 2.75) is 52.5 Å². The Morgan fingerprint density at radius 1 is 1.03 bits per heavy atom. The number of carbonyl (C=O) groups is 2. The van der Waals surface area contributed by atoms with Crippen LogP contribution in [0.3, 0.4) is 0 Å². The molecule has 3 aromatic rings. The number of benzene rings is 2. The number of aromatic nitrogens is 1. The van der Waals surface area contributed by atoms with E-state index in [2.05, 4.69) is 17.2 Å². The Kier molecular flexibility index (Phi) is 9.60. The topological polar surface area (TPSA) is 97.8 Å². The number of pyridine rings is 1. The van der Waals surface area contributed by atoms with Gasteiger partial charge in [0, 0.05) is 12.1 Å². The number of aromatic hydroxyl groups is 1. The predicted molar refractivity (Wildman–Crippen MR) is 139 cm³/mol. The molecule has 1 amide bonds. The lowest BCUT2D eigenvalue weighted by Crippen LogP contribution is -2.37. The number of phenolic OH excluding ortho intramolecular Hbond substituents is 1. The highest BCUT2D eigenvalue weighted by Crippen LogP contribution is 2.27. The Hall–Kier alpha value is -3.94. The third-order valence-electron chi connectivity index (χ3n) is 6.20. The summed E-state index contributed by atoms with van der Waals surface area (Å²) < 4.78 is 23.5. The van der Waals surface area contributed by atoms with E-state index >= 15 is 0 Å². The maximum absolute atomic E-state index is 13.0. The molecule has 0 spiro atoms. The lowest BCUT2D eigenvalue weighted by molar-refractivity contribution is 0.0919. The molecule has 1 aromatic heterocycles. The van der Waals surface area contributed by atoms with Crippen LogP contribution in [0.25, 0.3) is 0 Å². The number of amides is 1. The van der Waals surface area contributed by atoms with Crippen LogP contribution in [-0.4, -0.2) is 34.9 Å². The summed E-state index contributed by atoms with van der Waals surface area (Å²) in [5.74, 6) is 0.886. The number of aryl methyl sites for hydroxylation is 1. The molecule has 0 aliphatic heterocycles. The van der Waals surface area contributed by atoms with Crippen molar-refractivity contribution in [3.8, 4) is 23.1 Å². The zero-order chi connectivity index (χ0) is 26.9. The van der Waals surface area contributed by atoms with Gasteiger partial charge in [-0.2, -0.15) is 0 Å². The molecule has 1 aliphatic rings. The molecule has 196 valence electrons. The van der Waals surface area contributed by atoms with Crippen molar-refractivity contribution in [3.63, 3.8) is 0 Å². The highest BCUT2D eigenvalue weighted by Gasteiger charge is 2.21. The van der Waals surface area contributed by atoms with Crippen LogP contribution >= 0.6 is 0 Å². The third-order valence-corrected chi connectivity index (χ3v) is 6.20. The van der Waals surface area contributed by atoms with E-state index in [0.29, 0.717) is 17.1 Å². The van der Waals surface area contributed by atoms with Crippen LogP contribution in [0.1, 0.15) is 65.8 Å². The number of Topliss-reactive ketones (excluding diaryl/α,β-unsaturated/α-hetero) is 1. The summed E-state index contributed by atoms with van der Waals surface area (Å²) in [7, 11) is 1.53. The second-order valence-corrected chi connectivity index (χ2v) is 9.29. The van der Waals surface area contributed by atoms with Gasteiger partial charge in [-0.15, -0.1) is 0 Å². The molecule has 0 saturated heterocycles. The van der Waals surface area contributed by atoms with E-state index in [1.165, 1.54) is 20.1 Å². The first-order valence-electron chi connectivity index (χ1n) is 12.2. The summed E-state index contributed by atoms with van der Waals surface area (Å²) in [4.78, 5) is 27.3. The molecule has 0 bridgehead atoms. The summed E-state index contributed by atoms with van der Waals surface area (Å²) in [5.41, 5.74) is 1.47. The van der Waals surface area contributed by atoms with Gasteiger partial charge >= 0.3 is 0 Å². The smallest absolute Gasteiger partial charge is 0.255 e. The van der Waals surface area contributed by atoms with Crippen LogP contribution in [0.2, 0.25) is 0 Å². The normalized spacial score (nSPS) is 16.7. The lowest BCUT2D eigenvalue weighted by Gasteiger charge is -2.27. The summed E-state index contributed by atoms with van der Waals surface area (Å²) in [6, 6.07) is 13.4. The average Bonchev–Trinajstić information content (AvgIpc) is 2.86. The Labute approximate surface area is 216 Å². The number of hydrogen-bond donors (Lipinski definition) is 2. The van der Waals surface area contributed by atoms with Gasteiger partial charge < -0.3 is 19.9 Å². The molecule has 0 radical (unpaired) electrons. The number of phenols is 1. The fourth-order valence-corrected chi connectivity index (χ4v) is 4.05. The highest BCUT2D eigenvalue weighted by molar-refractivity contribution is 5.97. The molecule has 1 fully saturated rings. The van der Waals surface area contributed by atoms with Gasteiger partial charge in [0.25, 0.3) is 5.91 Å². The number of halogens is 1. The Balaban J connectivity index is 0.000000206. The monoisotopic (exact) mass is 508 g/mol. The Bertz CT molecular complexity index is 1240. The van der Waals surface area contributed by atoms with E-state index in [9.17, 15) is 19.1 Å². The first-order valence-corrected chi connectivity index (χ1v) is 12.2. The van der Waals surface area contributed by atoms with Gasteiger partial charge in [-0.25, -0.2) is 9.37 Å². The molecular weight excluding hydrogens is 475 g/mol. The predicted octanol–water partition coefficient (Wildman–Crippen LogP) is 6.23. The fraction of sp³-hybridized carbons (Fsp3) is 0.345. The van der Waals surface area contributed by atoms with Crippen molar-refractivity contribution < 1.29 is 28.6 Å². The van der Waals surface area contributed by atoms with Crippen molar-refractivity contribution in [1.82, 2.24) is 10.3 Å². The van der Waals surface area contributed by atoms with Gasteiger partial charge in [0.05, 0.1) is 24.4 Å². The molecule has 1 saturated carbocycles. The first-order chi connectivity index (χ1) is 17.7. The zero-order valence-corrected chi connectivity index (χ0v) is 21.6. The minimum Gasteiger partial charge on any atom is -0.507 e. The van der Waals surface area contributed by atoms with Crippen molar-refractivity contribution in [3.05, 3.63) is 77.2 Å². The molecule has 8 heteroatoms. The number of ether oxygens (including phenoxy) is 2. The molecule has 1 aliphatic carbocycles. The van der Waals surface area contributed by atoms with E-state index in [0.717, 1.165) is 49.4 Å². The first kappa shape index (κ1) is 27.6. The number of carbonyl (C=O) groups excluding carboxylic acids is 2. The van der Waals surface area contributed by atoms with Gasteiger partial charge in [-0.05, 0) is 81.3 Å². The summed E-state index contributed by atoms with van der Waals surface area (Å²) in [6.45, 7) is 5.52. The quantitative estimate of drug-likeness (QED) is 0.383.